The number of hydrogen-bond donors (Lipinski definition) is 3. The van der Waals surface area contributed by atoms with E-state index < -0.39 is 19.4 Å². The van der Waals surface area contributed by atoms with Crippen molar-refractivity contribution < 1.29 is 19.4 Å². The molecule has 6 heteroatoms. The van der Waals surface area contributed by atoms with Crippen LogP contribution in [0.3, 0.4) is 0 Å². The van der Waals surface area contributed by atoms with Crippen LogP contribution >= 0.6 is 8.03 Å². The number of benzene rings is 2. The van der Waals surface area contributed by atoms with E-state index in [0.29, 0.717) is 16.7 Å². The Kier molecular flexibility index (Phi) is 4.22. The number of H-pyrrole nitrogens is 1. The summed E-state index contributed by atoms with van der Waals surface area (Å²) < 4.78 is 11.1. The Morgan fingerprint density at radius 1 is 1.21 bits per heavy atom. The van der Waals surface area contributed by atoms with Crippen molar-refractivity contribution >= 4 is 24.9 Å². The standard InChI is InChI=1S/C18H16NO4P/c1-18(17(20)21,13-6-4-5-12(9-13)11-24(22)23)15-10-19-16-8-3-2-7-14(15)16/h2-10,19H,11H2,1H3,(H-,20,21,22,23)/p+1. The number of rotatable bonds is 5. The first-order chi connectivity index (χ1) is 11.4. The van der Waals surface area contributed by atoms with Gasteiger partial charge in [-0.2, -0.15) is 4.89 Å². The van der Waals surface area contributed by atoms with Gasteiger partial charge >= 0.3 is 14.0 Å². The zero-order valence-electron chi connectivity index (χ0n) is 13.1. The molecular formula is C18H17NO4P+. The van der Waals surface area contributed by atoms with Crippen molar-refractivity contribution in [2.75, 3.05) is 0 Å². The van der Waals surface area contributed by atoms with Crippen molar-refractivity contribution in [3.8, 4) is 0 Å². The topological polar surface area (TPSA) is 90.4 Å². The molecule has 0 aliphatic heterocycles. The fourth-order valence-corrected chi connectivity index (χ4v) is 3.53. The number of hydrogen-bond acceptors (Lipinski definition) is 2. The summed E-state index contributed by atoms with van der Waals surface area (Å²) in [5.41, 5.74) is 1.49. The number of fused-ring (bicyclic) bond motifs is 1. The molecule has 0 spiro atoms. The first-order valence-electron chi connectivity index (χ1n) is 7.46. The number of aromatic amines is 1. The van der Waals surface area contributed by atoms with Gasteiger partial charge in [-0.25, -0.2) is 0 Å². The monoisotopic (exact) mass is 342 g/mol. The smallest absolute Gasteiger partial charge is 0.480 e. The molecule has 1 aromatic heterocycles. The maximum atomic E-state index is 12.2. The van der Waals surface area contributed by atoms with Crippen molar-refractivity contribution in [1.82, 2.24) is 4.98 Å². The van der Waals surface area contributed by atoms with Crippen LogP contribution in [0.1, 0.15) is 23.6 Å². The normalized spacial score (nSPS) is 14.3. The van der Waals surface area contributed by atoms with Crippen molar-refractivity contribution in [2.45, 2.75) is 18.5 Å². The molecule has 0 fully saturated rings. The molecule has 2 unspecified atom stereocenters. The van der Waals surface area contributed by atoms with Gasteiger partial charge in [0.05, 0.1) is 0 Å². The van der Waals surface area contributed by atoms with Crippen LogP contribution < -0.4 is 0 Å². The zero-order valence-corrected chi connectivity index (χ0v) is 14.0. The highest BCUT2D eigenvalue weighted by atomic mass is 31.1. The highest BCUT2D eigenvalue weighted by Gasteiger charge is 2.39. The van der Waals surface area contributed by atoms with Gasteiger partial charge in [-0.05, 0) is 34.7 Å². The highest BCUT2D eigenvalue weighted by molar-refractivity contribution is 7.37. The molecule has 3 N–H and O–H groups in total. The lowest BCUT2D eigenvalue weighted by Crippen LogP contribution is -2.33. The van der Waals surface area contributed by atoms with Gasteiger partial charge in [-0.3, -0.25) is 4.79 Å². The van der Waals surface area contributed by atoms with E-state index in [1.54, 1.807) is 37.4 Å². The highest BCUT2D eigenvalue weighted by Crippen LogP contribution is 2.37. The number of carboxylic acids is 1. The van der Waals surface area contributed by atoms with Crippen LogP contribution in [0.15, 0.2) is 54.7 Å². The van der Waals surface area contributed by atoms with Crippen LogP contribution in [0.25, 0.3) is 10.9 Å². The Morgan fingerprint density at radius 3 is 2.67 bits per heavy atom. The summed E-state index contributed by atoms with van der Waals surface area (Å²) in [6.07, 6.45) is 1.73. The van der Waals surface area contributed by atoms with E-state index in [-0.39, 0.29) is 6.16 Å². The van der Waals surface area contributed by atoms with Crippen LogP contribution in [-0.4, -0.2) is 21.0 Å². The maximum absolute atomic E-state index is 12.2. The minimum absolute atomic E-state index is 0.00670. The van der Waals surface area contributed by atoms with Gasteiger partial charge in [0.1, 0.15) is 5.41 Å². The molecule has 24 heavy (non-hydrogen) atoms. The SMILES string of the molecule is CC(C(=O)O)(c1cccc(C[P+](=O)O)c1)c1c[nH]c2ccccc12. The molecule has 0 radical (unpaired) electrons. The van der Waals surface area contributed by atoms with E-state index in [1.807, 2.05) is 24.3 Å². The summed E-state index contributed by atoms with van der Waals surface area (Å²) in [4.78, 5) is 24.4. The number of para-hydroxylation sites is 1. The first-order valence-corrected chi connectivity index (χ1v) is 8.85. The molecular weight excluding hydrogens is 325 g/mol. The van der Waals surface area contributed by atoms with Gasteiger partial charge in [0.15, 0.2) is 0 Å². The molecule has 0 aliphatic rings. The molecule has 0 saturated heterocycles. The Balaban J connectivity index is 2.19. The molecule has 3 rings (SSSR count). The summed E-state index contributed by atoms with van der Waals surface area (Å²) in [7, 11) is -2.32. The van der Waals surface area contributed by atoms with E-state index in [0.717, 1.165) is 10.9 Å². The summed E-state index contributed by atoms with van der Waals surface area (Å²) in [5.74, 6) is -0.974. The number of nitrogens with one attached hydrogen (secondary N) is 1. The van der Waals surface area contributed by atoms with Crippen LogP contribution in [0.4, 0.5) is 0 Å². The number of carboxylic acid groups (broad SMARTS) is 1. The fraction of sp³-hybridized carbons (Fsp3) is 0.167. The summed E-state index contributed by atoms with van der Waals surface area (Å²) in [6.45, 7) is 1.66. The predicted molar refractivity (Wildman–Crippen MR) is 92.4 cm³/mol. The number of carbonyl (C=O) groups is 1. The summed E-state index contributed by atoms with van der Waals surface area (Å²) in [5, 5.41) is 10.8. The molecule has 2 aromatic carbocycles. The average Bonchev–Trinajstić information content (AvgIpc) is 2.98. The van der Waals surface area contributed by atoms with E-state index >= 15 is 0 Å². The first kappa shape index (κ1) is 16.4. The van der Waals surface area contributed by atoms with Crippen molar-refractivity contribution in [1.29, 1.82) is 0 Å². The van der Waals surface area contributed by atoms with Crippen LogP contribution in [0.2, 0.25) is 0 Å². The van der Waals surface area contributed by atoms with E-state index in [9.17, 15) is 14.5 Å². The number of aromatic nitrogens is 1. The third-order valence-corrected chi connectivity index (χ3v) is 5.01. The Hall–Kier alpha value is -2.49. The number of aliphatic carboxylic acids is 1. The summed E-state index contributed by atoms with van der Waals surface area (Å²) >= 11 is 0. The lowest BCUT2D eigenvalue weighted by atomic mass is 9.76. The van der Waals surface area contributed by atoms with Crippen LogP contribution in [0.5, 0.6) is 0 Å². The minimum atomic E-state index is -2.32. The second kappa shape index (κ2) is 6.19. The molecule has 0 saturated carbocycles. The Morgan fingerprint density at radius 2 is 1.96 bits per heavy atom. The second-order valence-corrected chi connectivity index (χ2v) is 6.91. The van der Waals surface area contributed by atoms with Crippen molar-refractivity contribution in [2.24, 2.45) is 0 Å². The van der Waals surface area contributed by atoms with Gasteiger partial charge in [-0.1, -0.05) is 36.4 Å². The molecule has 122 valence electrons. The largest absolute Gasteiger partial charge is 0.510 e. The predicted octanol–water partition coefficient (Wildman–Crippen LogP) is 3.79. The van der Waals surface area contributed by atoms with Gasteiger partial charge in [0.25, 0.3) is 0 Å². The molecule has 5 nitrogen and oxygen atoms in total. The Bertz CT molecular complexity index is 933. The van der Waals surface area contributed by atoms with E-state index in [4.69, 9.17) is 4.89 Å². The molecule has 0 aliphatic carbocycles. The van der Waals surface area contributed by atoms with Crippen LogP contribution in [0, 0.1) is 0 Å². The third kappa shape index (κ3) is 2.73. The average molecular weight is 342 g/mol. The van der Waals surface area contributed by atoms with Crippen molar-refractivity contribution in [3.63, 3.8) is 0 Å². The van der Waals surface area contributed by atoms with Gasteiger partial charge in [0, 0.05) is 22.7 Å². The maximum Gasteiger partial charge on any atom is 0.510 e. The van der Waals surface area contributed by atoms with E-state index in [1.165, 1.54) is 0 Å². The molecule has 1 heterocycles. The molecule has 3 aromatic rings. The van der Waals surface area contributed by atoms with Crippen molar-refractivity contribution in [3.05, 3.63) is 71.4 Å². The lowest BCUT2D eigenvalue weighted by molar-refractivity contribution is -0.141. The molecule has 2 atom stereocenters. The molecule has 0 amide bonds. The minimum Gasteiger partial charge on any atom is -0.480 e. The lowest BCUT2D eigenvalue weighted by Gasteiger charge is -2.25. The van der Waals surface area contributed by atoms with E-state index in [2.05, 4.69) is 4.98 Å². The summed E-state index contributed by atoms with van der Waals surface area (Å²) in [6, 6.07) is 14.4. The van der Waals surface area contributed by atoms with Gasteiger partial charge < -0.3 is 10.1 Å². The van der Waals surface area contributed by atoms with Crippen LogP contribution in [-0.2, 0) is 20.9 Å². The van der Waals surface area contributed by atoms with Gasteiger partial charge in [-0.15, -0.1) is 0 Å². The molecule has 0 bridgehead atoms. The third-order valence-electron chi connectivity index (χ3n) is 4.38. The quantitative estimate of drug-likeness (QED) is 0.615. The Labute approximate surface area is 139 Å². The van der Waals surface area contributed by atoms with Gasteiger partial charge in [0.2, 0.25) is 6.16 Å². The zero-order chi connectivity index (χ0) is 17.3. The fourth-order valence-electron chi connectivity index (χ4n) is 3.02. The second-order valence-electron chi connectivity index (χ2n) is 5.89.